The molecular weight excluding hydrogens is 330 g/mol. The average molecular weight is 355 g/mol. The van der Waals surface area contributed by atoms with Gasteiger partial charge in [-0.15, -0.1) is 0 Å². The standard InChI is InChI=1S/C20H25N3O3/c1-14(21-15-9-5-3-6-10-15)19-17(13-18(24)26-2)22-23(20(19)25)16-11-7-4-8-12-16/h4,7-8,11-12,15,22H,3,5-6,9-10,13H2,1-2H3. The Balaban J connectivity index is 2.03. The zero-order chi connectivity index (χ0) is 18.5. The topological polar surface area (TPSA) is 76.5 Å². The van der Waals surface area contributed by atoms with E-state index in [4.69, 9.17) is 9.73 Å². The minimum Gasteiger partial charge on any atom is -0.469 e. The van der Waals surface area contributed by atoms with Crippen molar-refractivity contribution >= 4 is 11.7 Å². The third kappa shape index (κ3) is 3.95. The minimum atomic E-state index is -0.391. The molecule has 0 spiro atoms. The van der Waals surface area contributed by atoms with Crippen molar-refractivity contribution in [3.63, 3.8) is 0 Å². The lowest BCUT2D eigenvalue weighted by Crippen LogP contribution is -2.21. The third-order valence-electron chi connectivity index (χ3n) is 4.84. The quantitative estimate of drug-likeness (QED) is 0.661. The first-order valence-electron chi connectivity index (χ1n) is 9.11. The van der Waals surface area contributed by atoms with Crippen LogP contribution in [0.3, 0.4) is 0 Å². The van der Waals surface area contributed by atoms with Gasteiger partial charge in [0, 0.05) is 5.71 Å². The summed E-state index contributed by atoms with van der Waals surface area (Å²) in [5.41, 5.74) is 2.24. The van der Waals surface area contributed by atoms with E-state index in [2.05, 4.69) is 5.10 Å². The summed E-state index contributed by atoms with van der Waals surface area (Å²) >= 11 is 0. The number of nitrogens with one attached hydrogen (secondary N) is 1. The van der Waals surface area contributed by atoms with E-state index in [-0.39, 0.29) is 18.0 Å². The third-order valence-corrected chi connectivity index (χ3v) is 4.84. The number of carbonyl (C=O) groups is 1. The number of para-hydroxylation sites is 1. The second-order valence-corrected chi connectivity index (χ2v) is 6.70. The number of aromatic amines is 1. The molecule has 0 atom stereocenters. The van der Waals surface area contributed by atoms with Crippen molar-refractivity contribution < 1.29 is 9.53 Å². The molecule has 1 fully saturated rings. The van der Waals surface area contributed by atoms with E-state index >= 15 is 0 Å². The van der Waals surface area contributed by atoms with Gasteiger partial charge in [0.1, 0.15) is 0 Å². The molecule has 1 N–H and O–H groups in total. The summed E-state index contributed by atoms with van der Waals surface area (Å²) in [6.45, 7) is 1.86. The number of esters is 1. The first kappa shape index (κ1) is 18.2. The van der Waals surface area contributed by atoms with Crippen LogP contribution >= 0.6 is 0 Å². The largest absolute Gasteiger partial charge is 0.469 e. The van der Waals surface area contributed by atoms with Crippen molar-refractivity contribution in [3.8, 4) is 5.69 Å². The fraction of sp³-hybridized carbons (Fsp3) is 0.450. The number of ether oxygens (including phenoxy) is 1. The fourth-order valence-corrected chi connectivity index (χ4v) is 3.51. The van der Waals surface area contributed by atoms with E-state index < -0.39 is 5.97 Å². The van der Waals surface area contributed by atoms with Crippen molar-refractivity contribution in [1.82, 2.24) is 9.78 Å². The molecule has 1 aliphatic carbocycles. The predicted molar refractivity (Wildman–Crippen MR) is 101 cm³/mol. The number of rotatable bonds is 5. The van der Waals surface area contributed by atoms with Crippen molar-refractivity contribution in [2.75, 3.05) is 7.11 Å². The van der Waals surface area contributed by atoms with Crippen LogP contribution in [0, 0.1) is 0 Å². The maximum atomic E-state index is 13.0. The van der Waals surface area contributed by atoms with Gasteiger partial charge in [-0.2, -0.15) is 0 Å². The number of hydrogen-bond donors (Lipinski definition) is 1. The van der Waals surface area contributed by atoms with Gasteiger partial charge in [-0.05, 0) is 31.9 Å². The van der Waals surface area contributed by atoms with Gasteiger partial charge in [-0.25, -0.2) is 4.68 Å². The van der Waals surface area contributed by atoms with Crippen LogP contribution in [-0.4, -0.2) is 34.6 Å². The molecule has 1 saturated carbocycles. The van der Waals surface area contributed by atoms with Gasteiger partial charge in [0.15, 0.2) is 0 Å². The highest BCUT2D eigenvalue weighted by Gasteiger charge is 2.21. The lowest BCUT2D eigenvalue weighted by Gasteiger charge is -2.18. The van der Waals surface area contributed by atoms with Crippen LogP contribution in [0.5, 0.6) is 0 Å². The smallest absolute Gasteiger partial charge is 0.311 e. The average Bonchev–Trinajstić information content (AvgIpc) is 2.99. The van der Waals surface area contributed by atoms with E-state index in [9.17, 15) is 9.59 Å². The van der Waals surface area contributed by atoms with Crippen LogP contribution in [0.1, 0.15) is 50.3 Å². The Labute approximate surface area is 152 Å². The van der Waals surface area contributed by atoms with E-state index in [0.717, 1.165) is 18.5 Å². The predicted octanol–water partition coefficient (Wildman–Crippen LogP) is 3.02. The summed E-state index contributed by atoms with van der Waals surface area (Å²) in [6, 6.07) is 9.57. The molecule has 1 aromatic heterocycles. The SMILES string of the molecule is COC(=O)Cc1[nH]n(-c2ccccc2)c(=O)c1C(C)=NC1CCCCC1. The van der Waals surface area contributed by atoms with E-state index in [1.54, 1.807) is 0 Å². The Bertz CT molecular complexity index is 843. The number of hydrogen-bond acceptors (Lipinski definition) is 4. The zero-order valence-corrected chi connectivity index (χ0v) is 15.3. The molecule has 26 heavy (non-hydrogen) atoms. The highest BCUT2D eigenvalue weighted by molar-refractivity contribution is 6.00. The highest BCUT2D eigenvalue weighted by Crippen LogP contribution is 2.21. The molecule has 138 valence electrons. The van der Waals surface area contributed by atoms with Gasteiger partial charge >= 0.3 is 5.97 Å². The molecule has 0 radical (unpaired) electrons. The Morgan fingerprint density at radius 1 is 1.23 bits per heavy atom. The minimum absolute atomic E-state index is 0.0123. The molecule has 0 bridgehead atoms. The van der Waals surface area contributed by atoms with Crippen LogP contribution < -0.4 is 5.56 Å². The number of aromatic nitrogens is 2. The van der Waals surface area contributed by atoms with E-state index in [1.165, 1.54) is 31.1 Å². The first-order valence-corrected chi connectivity index (χ1v) is 9.11. The summed E-state index contributed by atoms with van der Waals surface area (Å²) in [4.78, 5) is 29.7. The van der Waals surface area contributed by atoms with Gasteiger partial charge in [0.2, 0.25) is 0 Å². The molecule has 0 amide bonds. The molecule has 0 aliphatic heterocycles. The maximum Gasteiger partial charge on any atom is 0.311 e. The monoisotopic (exact) mass is 355 g/mol. The fourth-order valence-electron chi connectivity index (χ4n) is 3.51. The second-order valence-electron chi connectivity index (χ2n) is 6.70. The molecular formula is C20H25N3O3. The summed E-state index contributed by atoms with van der Waals surface area (Å²) in [6.07, 6.45) is 5.74. The van der Waals surface area contributed by atoms with Gasteiger partial charge in [-0.3, -0.25) is 19.7 Å². The molecule has 1 heterocycles. The van der Waals surface area contributed by atoms with Crippen molar-refractivity contribution in [3.05, 3.63) is 51.9 Å². The van der Waals surface area contributed by atoms with Crippen LogP contribution in [0.4, 0.5) is 0 Å². The lowest BCUT2D eigenvalue weighted by molar-refractivity contribution is -0.139. The van der Waals surface area contributed by atoms with E-state index in [0.29, 0.717) is 17.0 Å². The molecule has 2 aromatic rings. The molecule has 0 unspecified atom stereocenters. The highest BCUT2D eigenvalue weighted by atomic mass is 16.5. The number of carbonyl (C=O) groups excluding carboxylic acids is 1. The zero-order valence-electron chi connectivity index (χ0n) is 15.3. The van der Waals surface area contributed by atoms with Gasteiger partial charge in [-0.1, -0.05) is 37.5 Å². The van der Waals surface area contributed by atoms with Crippen molar-refractivity contribution in [1.29, 1.82) is 0 Å². The summed E-state index contributed by atoms with van der Waals surface area (Å²) < 4.78 is 6.25. The Morgan fingerprint density at radius 3 is 2.58 bits per heavy atom. The molecule has 6 nitrogen and oxygen atoms in total. The molecule has 1 aliphatic rings. The Morgan fingerprint density at radius 2 is 1.92 bits per heavy atom. The van der Waals surface area contributed by atoms with Crippen molar-refractivity contribution in [2.24, 2.45) is 4.99 Å². The van der Waals surface area contributed by atoms with Crippen LogP contribution in [-0.2, 0) is 16.0 Å². The number of aliphatic imine (C=N–C) groups is 1. The van der Waals surface area contributed by atoms with E-state index in [1.807, 2.05) is 37.3 Å². The van der Waals surface area contributed by atoms with Gasteiger partial charge in [0.25, 0.3) is 5.56 Å². The maximum absolute atomic E-state index is 13.0. The molecule has 1 aromatic carbocycles. The number of H-pyrrole nitrogens is 1. The Kier molecular flexibility index (Phi) is 5.71. The van der Waals surface area contributed by atoms with Crippen molar-refractivity contribution in [2.45, 2.75) is 51.5 Å². The summed E-state index contributed by atoms with van der Waals surface area (Å²) in [5, 5.41) is 3.07. The summed E-state index contributed by atoms with van der Waals surface area (Å²) in [5.74, 6) is -0.391. The van der Waals surface area contributed by atoms with Crippen LogP contribution in [0.2, 0.25) is 0 Å². The van der Waals surface area contributed by atoms with Gasteiger partial charge < -0.3 is 4.74 Å². The molecule has 3 rings (SSSR count). The number of benzene rings is 1. The normalized spacial score (nSPS) is 15.8. The molecule has 0 saturated heterocycles. The lowest BCUT2D eigenvalue weighted by atomic mass is 9.95. The molecule has 6 heteroatoms. The number of methoxy groups -OCH3 is 1. The van der Waals surface area contributed by atoms with Crippen LogP contribution in [0.25, 0.3) is 5.69 Å². The first-order chi connectivity index (χ1) is 12.6. The van der Waals surface area contributed by atoms with Crippen LogP contribution in [0.15, 0.2) is 40.1 Å². The number of nitrogens with zero attached hydrogens (tertiary/aromatic N) is 2. The Hall–Kier alpha value is -2.63. The van der Waals surface area contributed by atoms with Gasteiger partial charge in [0.05, 0.1) is 36.5 Å². The summed E-state index contributed by atoms with van der Waals surface area (Å²) in [7, 11) is 1.34. The second kappa shape index (κ2) is 8.17.